The lowest BCUT2D eigenvalue weighted by Gasteiger charge is -2.04. The summed E-state index contributed by atoms with van der Waals surface area (Å²) in [6.45, 7) is 0. The van der Waals surface area contributed by atoms with Crippen molar-refractivity contribution in [1.82, 2.24) is 20.2 Å². The van der Waals surface area contributed by atoms with Crippen LogP contribution in [0.4, 0.5) is 25.1 Å². The monoisotopic (exact) mass is 269 g/mol. The van der Waals surface area contributed by atoms with Gasteiger partial charge in [0.15, 0.2) is 0 Å². The molecule has 0 saturated heterocycles. The number of hydrogen-bond donors (Lipinski definition) is 2. The minimum Gasteiger partial charge on any atom is -0.411 e. The summed E-state index contributed by atoms with van der Waals surface area (Å²) in [6, 6.07) is 3.35. The topological polar surface area (TPSA) is 79.6 Å². The van der Waals surface area contributed by atoms with Crippen molar-refractivity contribution in [3.05, 3.63) is 30.2 Å². The molecule has 2 N–H and O–H groups in total. The van der Waals surface area contributed by atoms with E-state index in [0.717, 1.165) is 18.5 Å². The Hall–Kier alpha value is -2.58. The summed E-state index contributed by atoms with van der Waals surface area (Å²) in [6.07, 6.45) is -3.28. The standard InChI is InChI=1S/C10H6F3N5O/c11-10(12,13)5-1-2-6-7(3-5)16-8(15-6)17-9-18-14-4-19-9/h1-4H,(H2,15,16,17,18). The number of alkyl halides is 3. The maximum Gasteiger partial charge on any atom is 0.416 e. The Kier molecular flexibility index (Phi) is 2.40. The van der Waals surface area contributed by atoms with E-state index in [1.165, 1.54) is 6.07 Å². The number of halogens is 3. The van der Waals surface area contributed by atoms with Gasteiger partial charge in [-0.15, -0.1) is 5.10 Å². The van der Waals surface area contributed by atoms with Gasteiger partial charge in [0, 0.05) is 0 Å². The highest BCUT2D eigenvalue weighted by Gasteiger charge is 2.30. The van der Waals surface area contributed by atoms with Crippen molar-refractivity contribution in [2.45, 2.75) is 6.18 Å². The van der Waals surface area contributed by atoms with Crippen molar-refractivity contribution in [3.63, 3.8) is 0 Å². The minimum absolute atomic E-state index is 0.0927. The summed E-state index contributed by atoms with van der Waals surface area (Å²) >= 11 is 0. The molecule has 6 nitrogen and oxygen atoms in total. The first-order valence-electron chi connectivity index (χ1n) is 5.12. The van der Waals surface area contributed by atoms with Crippen LogP contribution in [-0.4, -0.2) is 20.2 Å². The number of H-pyrrole nitrogens is 1. The molecule has 98 valence electrons. The third-order valence-electron chi connectivity index (χ3n) is 2.40. The zero-order valence-electron chi connectivity index (χ0n) is 9.19. The smallest absolute Gasteiger partial charge is 0.411 e. The molecule has 1 aromatic carbocycles. The highest BCUT2D eigenvalue weighted by atomic mass is 19.4. The molecule has 0 radical (unpaired) electrons. The molecule has 2 aromatic heterocycles. The van der Waals surface area contributed by atoms with E-state index < -0.39 is 11.7 Å². The summed E-state index contributed by atoms with van der Waals surface area (Å²) in [5.74, 6) is 0.221. The summed E-state index contributed by atoms with van der Waals surface area (Å²) in [4.78, 5) is 6.76. The predicted octanol–water partition coefficient (Wildman–Crippen LogP) is 2.71. The van der Waals surface area contributed by atoms with Crippen molar-refractivity contribution >= 4 is 23.0 Å². The van der Waals surface area contributed by atoms with E-state index in [0.29, 0.717) is 5.52 Å². The molecule has 0 aliphatic rings. The van der Waals surface area contributed by atoms with Gasteiger partial charge in [-0.2, -0.15) is 13.2 Å². The molecule has 0 fully saturated rings. The highest BCUT2D eigenvalue weighted by molar-refractivity contribution is 5.78. The summed E-state index contributed by atoms with van der Waals surface area (Å²) in [5, 5.41) is 9.66. The number of nitrogens with one attached hydrogen (secondary N) is 2. The SMILES string of the molecule is FC(F)(F)c1ccc2[nH]c(Nc3nnco3)nc2c1. The van der Waals surface area contributed by atoms with E-state index >= 15 is 0 Å². The molecule has 0 unspecified atom stereocenters. The first-order chi connectivity index (χ1) is 9.02. The molecule has 0 bridgehead atoms. The largest absolute Gasteiger partial charge is 0.416 e. The van der Waals surface area contributed by atoms with Gasteiger partial charge < -0.3 is 9.40 Å². The number of anilines is 2. The highest BCUT2D eigenvalue weighted by Crippen LogP contribution is 2.31. The van der Waals surface area contributed by atoms with Crippen LogP contribution in [0.25, 0.3) is 11.0 Å². The van der Waals surface area contributed by atoms with Crippen LogP contribution in [-0.2, 0) is 6.18 Å². The van der Waals surface area contributed by atoms with Crippen LogP contribution in [0.1, 0.15) is 5.56 Å². The number of benzene rings is 1. The number of fused-ring (bicyclic) bond motifs is 1. The van der Waals surface area contributed by atoms with Crippen LogP contribution in [0, 0.1) is 0 Å². The van der Waals surface area contributed by atoms with Crippen molar-refractivity contribution < 1.29 is 17.6 Å². The van der Waals surface area contributed by atoms with Gasteiger partial charge in [-0.1, -0.05) is 5.10 Å². The second-order valence-electron chi connectivity index (χ2n) is 3.68. The number of imidazole rings is 1. The van der Waals surface area contributed by atoms with Crippen molar-refractivity contribution in [2.75, 3.05) is 5.32 Å². The molecule has 19 heavy (non-hydrogen) atoms. The Bertz CT molecular complexity index is 704. The minimum atomic E-state index is -4.40. The van der Waals surface area contributed by atoms with E-state index in [9.17, 15) is 13.2 Å². The third-order valence-corrected chi connectivity index (χ3v) is 2.40. The Balaban J connectivity index is 1.97. The lowest BCUT2D eigenvalue weighted by atomic mass is 10.2. The summed E-state index contributed by atoms with van der Waals surface area (Å²) in [5.41, 5.74) is -0.0947. The van der Waals surface area contributed by atoms with E-state index in [2.05, 4.69) is 25.5 Å². The predicted molar refractivity (Wildman–Crippen MR) is 58.7 cm³/mol. The summed E-state index contributed by atoms with van der Waals surface area (Å²) in [7, 11) is 0. The van der Waals surface area contributed by atoms with Crippen LogP contribution in [0.15, 0.2) is 29.0 Å². The average Bonchev–Trinajstić information content (AvgIpc) is 2.95. The Labute approximate surface area is 103 Å². The number of aromatic amines is 1. The number of aromatic nitrogens is 4. The zero-order valence-corrected chi connectivity index (χ0v) is 9.19. The molecule has 3 rings (SSSR count). The van der Waals surface area contributed by atoms with Crippen molar-refractivity contribution in [3.8, 4) is 0 Å². The second-order valence-corrected chi connectivity index (χ2v) is 3.68. The molecule has 3 aromatic rings. The van der Waals surface area contributed by atoms with Gasteiger partial charge in [0.1, 0.15) is 0 Å². The van der Waals surface area contributed by atoms with Gasteiger partial charge in [0.05, 0.1) is 16.6 Å². The Morgan fingerprint density at radius 2 is 2.11 bits per heavy atom. The normalized spacial score (nSPS) is 11.9. The molecule has 0 aliphatic heterocycles. The van der Waals surface area contributed by atoms with Crippen molar-refractivity contribution in [1.29, 1.82) is 0 Å². The van der Waals surface area contributed by atoms with Gasteiger partial charge in [-0.25, -0.2) is 4.98 Å². The fourth-order valence-corrected chi connectivity index (χ4v) is 1.57. The Morgan fingerprint density at radius 3 is 2.79 bits per heavy atom. The van der Waals surface area contributed by atoms with Crippen LogP contribution < -0.4 is 5.32 Å². The number of nitrogens with zero attached hydrogens (tertiary/aromatic N) is 3. The number of rotatable bonds is 2. The maximum atomic E-state index is 12.5. The maximum absolute atomic E-state index is 12.5. The van der Waals surface area contributed by atoms with E-state index in [1.807, 2.05) is 0 Å². The van der Waals surface area contributed by atoms with Gasteiger partial charge in [-0.05, 0) is 18.2 Å². The molecule has 0 aliphatic carbocycles. The van der Waals surface area contributed by atoms with Crippen LogP contribution in [0.5, 0.6) is 0 Å². The molecule has 0 saturated carbocycles. The van der Waals surface area contributed by atoms with Gasteiger partial charge in [0.2, 0.25) is 12.3 Å². The molecule has 2 heterocycles. The van der Waals surface area contributed by atoms with Gasteiger partial charge in [0.25, 0.3) is 0 Å². The van der Waals surface area contributed by atoms with Crippen LogP contribution in [0.3, 0.4) is 0 Å². The lowest BCUT2D eigenvalue weighted by Crippen LogP contribution is -2.04. The second kappa shape index (κ2) is 3.97. The van der Waals surface area contributed by atoms with E-state index in [4.69, 9.17) is 4.42 Å². The molecular formula is C10H6F3N5O. The van der Waals surface area contributed by atoms with Crippen LogP contribution in [0.2, 0.25) is 0 Å². The molecule has 0 atom stereocenters. The van der Waals surface area contributed by atoms with Gasteiger partial charge in [-0.3, -0.25) is 5.32 Å². The number of hydrogen-bond acceptors (Lipinski definition) is 5. The molecule has 9 heteroatoms. The zero-order chi connectivity index (χ0) is 13.5. The average molecular weight is 269 g/mol. The van der Waals surface area contributed by atoms with Crippen LogP contribution >= 0.6 is 0 Å². The fraction of sp³-hybridized carbons (Fsp3) is 0.100. The first kappa shape index (κ1) is 11.5. The third kappa shape index (κ3) is 2.21. The summed E-state index contributed by atoms with van der Waals surface area (Å²) < 4.78 is 42.5. The van der Waals surface area contributed by atoms with Gasteiger partial charge >= 0.3 is 12.2 Å². The van der Waals surface area contributed by atoms with Crippen molar-refractivity contribution in [2.24, 2.45) is 0 Å². The van der Waals surface area contributed by atoms with E-state index in [-0.39, 0.29) is 17.5 Å². The first-order valence-corrected chi connectivity index (χ1v) is 5.12. The fourth-order valence-electron chi connectivity index (χ4n) is 1.57. The van der Waals surface area contributed by atoms with E-state index in [1.54, 1.807) is 0 Å². The molecule has 0 amide bonds. The Morgan fingerprint density at radius 1 is 1.26 bits per heavy atom. The quantitative estimate of drug-likeness (QED) is 0.747. The lowest BCUT2D eigenvalue weighted by molar-refractivity contribution is -0.137. The molecular weight excluding hydrogens is 263 g/mol. The molecule has 0 spiro atoms.